The first-order chi connectivity index (χ1) is 11.7. The van der Waals surface area contributed by atoms with Crippen molar-refractivity contribution in [1.82, 2.24) is 9.97 Å². The van der Waals surface area contributed by atoms with Crippen LogP contribution in [0.15, 0.2) is 36.7 Å². The van der Waals surface area contributed by atoms with Gasteiger partial charge in [0.15, 0.2) is 11.5 Å². The number of benzene rings is 2. The minimum absolute atomic E-state index is 0. The van der Waals surface area contributed by atoms with Gasteiger partial charge in [-0.3, -0.25) is 0 Å². The van der Waals surface area contributed by atoms with E-state index in [4.69, 9.17) is 14.2 Å². The molecule has 1 heterocycles. The summed E-state index contributed by atoms with van der Waals surface area (Å²) in [6.07, 6.45) is 1.39. The van der Waals surface area contributed by atoms with Crippen LogP contribution in [0.1, 0.15) is 0 Å². The molecule has 25 heavy (non-hydrogen) atoms. The number of methoxy groups -OCH3 is 3. The number of aromatic nitrogens is 2. The summed E-state index contributed by atoms with van der Waals surface area (Å²) in [6, 6.07) is 8.05. The topological polar surface area (TPSA) is 65.5 Å². The molecule has 6 nitrogen and oxygen atoms in total. The molecule has 0 fully saturated rings. The summed E-state index contributed by atoms with van der Waals surface area (Å²) < 4.78 is 30.1. The number of halogens is 2. The predicted octanol–water partition coefficient (Wildman–Crippen LogP) is 3.96. The van der Waals surface area contributed by atoms with Crippen molar-refractivity contribution in [2.24, 2.45) is 0 Å². The molecule has 0 unspecified atom stereocenters. The predicted molar refractivity (Wildman–Crippen MR) is 96.1 cm³/mol. The van der Waals surface area contributed by atoms with Gasteiger partial charge in [-0.25, -0.2) is 14.4 Å². The smallest absolute Gasteiger partial charge is 0.204 e. The van der Waals surface area contributed by atoms with Crippen LogP contribution >= 0.6 is 12.4 Å². The second-order valence-electron chi connectivity index (χ2n) is 4.87. The third-order valence-corrected chi connectivity index (χ3v) is 3.56. The van der Waals surface area contributed by atoms with Crippen molar-refractivity contribution >= 4 is 34.8 Å². The lowest BCUT2D eigenvalue weighted by Gasteiger charge is -2.16. The highest BCUT2D eigenvalue weighted by molar-refractivity contribution is 5.99. The molecule has 3 rings (SSSR count). The zero-order valence-electron chi connectivity index (χ0n) is 13.9. The van der Waals surface area contributed by atoms with Crippen LogP contribution in [0.5, 0.6) is 17.2 Å². The van der Waals surface area contributed by atoms with Gasteiger partial charge in [-0.05, 0) is 12.1 Å². The fourth-order valence-corrected chi connectivity index (χ4v) is 2.47. The highest BCUT2D eigenvalue weighted by Gasteiger charge is 2.20. The van der Waals surface area contributed by atoms with Crippen molar-refractivity contribution in [3.05, 3.63) is 42.5 Å². The number of anilines is 2. The molecule has 0 spiro atoms. The molecule has 132 valence electrons. The lowest BCUT2D eigenvalue weighted by molar-refractivity contribution is 0.327. The SMILES string of the molecule is COc1cc2ncnc(Nc3ccccc3F)c2c(OC)c1OC.Cl. The van der Waals surface area contributed by atoms with E-state index in [0.29, 0.717) is 39.7 Å². The molecule has 1 N–H and O–H groups in total. The molecule has 0 amide bonds. The van der Waals surface area contributed by atoms with Gasteiger partial charge in [0, 0.05) is 6.07 Å². The molecule has 0 saturated carbocycles. The monoisotopic (exact) mass is 365 g/mol. The molecule has 0 aliphatic heterocycles. The summed E-state index contributed by atoms with van der Waals surface area (Å²) in [5, 5.41) is 3.55. The highest BCUT2D eigenvalue weighted by Crippen LogP contribution is 2.45. The van der Waals surface area contributed by atoms with E-state index in [1.807, 2.05) is 0 Å². The number of hydrogen-bond acceptors (Lipinski definition) is 6. The van der Waals surface area contributed by atoms with Gasteiger partial charge in [0.1, 0.15) is 18.0 Å². The van der Waals surface area contributed by atoms with Crippen molar-refractivity contribution in [3.8, 4) is 17.2 Å². The van der Waals surface area contributed by atoms with E-state index in [2.05, 4.69) is 15.3 Å². The quantitative estimate of drug-likeness (QED) is 0.738. The number of fused-ring (bicyclic) bond motifs is 1. The van der Waals surface area contributed by atoms with Crippen LogP contribution in [0.4, 0.5) is 15.9 Å². The summed E-state index contributed by atoms with van der Waals surface area (Å²) >= 11 is 0. The van der Waals surface area contributed by atoms with Crippen molar-refractivity contribution in [1.29, 1.82) is 0 Å². The Hall–Kier alpha value is -2.80. The molecule has 0 saturated heterocycles. The van der Waals surface area contributed by atoms with Gasteiger partial charge < -0.3 is 19.5 Å². The standard InChI is InChI=1S/C17H16FN3O3.ClH/c1-22-13-8-12-14(16(24-3)15(13)23-2)17(20-9-19-12)21-11-7-5-4-6-10(11)18;/h4-9H,1-3H3,(H,19,20,21);1H. The van der Waals surface area contributed by atoms with Gasteiger partial charge >= 0.3 is 0 Å². The number of ether oxygens (including phenoxy) is 3. The van der Waals surface area contributed by atoms with Gasteiger partial charge in [0.05, 0.1) is 37.9 Å². The second-order valence-corrected chi connectivity index (χ2v) is 4.87. The molecule has 3 aromatic rings. The van der Waals surface area contributed by atoms with Crippen LogP contribution in [0, 0.1) is 5.82 Å². The molecule has 8 heteroatoms. The Morgan fingerprint density at radius 3 is 2.32 bits per heavy atom. The van der Waals surface area contributed by atoms with Gasteiger partial charge in [-0.2, -0.15) is 0 Å². The average Bonchev–Trinajstić information content (AvgIpc) is 2.61. The van der Waals surface area contributed by atoms with E-state index in [1.165, 1.54) is 33.7 Å². The summed E-state index contributed by atoms with van der Waals surface area (Å²) in [7, 11) is 4.55. The van der Waals surface area contributed by atoms with Crippen LogP contribution < -0.4 is 19.5 Å². The van der Waals surface area contributed by atoms with Crippen LogP contribution in [-0.2, 0) is 0 Å². The van der Waals surface area contributed by atoms with Crippen molar-refractivity contribution < 1.29 is 18.6 Å². The third kappa shape index (κ3) is 3.36. The van der Waals surface area contributed by atoms with Crippen LogP contribution in [0.25, 0.3) is 10.9 Å². The minimum atomic E-state index is -0.385. The first-order valence-corrected chi connectivity index (χ1v) is 7.14. The molecule has 0 aliphatic rings. The van der Waals surface area contributed by atoms with E-state index in [0.717, 1.165) is 0 Å². The average molecular weight is 366 g/mol. The number of nitrogens with one attached hydrogen (secondary N) is 1. The maximum absolute atomic E-state index is 13.9. The number of rotatable bonds is 5. The fourth-order valence-electron chi connectivity index (χ4n) is 2.47. The Balaban J connectivity index is 0.00000225. The number of para-hydroxylation sites is 1. The maximum Gasteiger partial charge on any atom is 0.204 e. The van der Waals surface area contributed by atoms with E-state index in [1.54, 1.807) is 24.3 Å². The Morgan fingerprint density at radius 1 is 0.960 bits per heavy atom. The summed E-state index contributed by atoms with van der Waals surface area (Å²) in [5.74, 6) is 1.33. The van der Waals surface area contributed by atoms with E-state index in [9.17, 15) is 4.39 Å². The normalized spacial score (nSPS) is 10.1. The van der Waals surface area contributed by atoms with Gasteiger partial charge in [0.2, 0.25) is 5.75 Å². The number of hydrogen-bond donors (Lipinski definition) is 1. The highest BCUT2D eigenvalue weighted by atomic mass is 35.5. The van der Waals surface area contributed by atoms with Gasteiger partial charge in [-0.1, -0.05) is 12.1 Å². The Labute approximate surface area is 150 Å². The van der Waals surface area contributed by atoms with Gasteiger partial charge in [-0.15, -0.1) is 12.4 Å². The molecular weight excluding hydrogens is 349 g/mol. The lowest BCUT2D eigenvalue weighted by atomic mass is 10.1. The molecule has 0 radical (unpaired) electrons. The van der Waals surface area contributed by atoms with E-state index < -0.39 is 0 Å². The van der Waals surface area contributed by atoms with Crippen LogP contribution in [-0.4, -0.2) is 31.3 Å². The molecule has 0 atom stereocenters. The third-order valence-electron chi connectivity index (χ3n) is 3.56. The van der Waals surface area contributed by atoms with Crippen molar-refractivity contribution in [3.63, 3.8) is 0 Å². The number of nitrogens with zero attached hydrogens (tertiary/aromatic N) is 2. The molecular formula is C17H17ClFN3O3. The molecule has 2 aromatic carbocycles. The minimum Gasteiger partial charge on any atom is -0.493 e. The zero-order chi connectivity index (χ0) is 17.1. The molecule has 1 aromatic heterocycles. The van der Waals surface area contributed by atoms with E-state index in [-0.39, 0.29) is 18.2 Å². The first kappa shape index (κ1) is 18.5. The Morgan fingerprint density at radius 2 is 1.68 bits per heavy atom. The fraction of sp³-hybridized carbons (Fsp3) is 0.176. The lowest BCUT2D eigenvalue weighted by Crippen LogP contribution is -2.02. The van der Waals surface area contributed by atoms with Crippen LogP contribution in [0.2, 0.25) is 0 Å². The maximum atomic E-state index is 13.9. The summed E-state index contributed by atoms with van der Waals surface area (Å²) in [6.45, 7) is 0. The van der Waals surface area contributed by atoms with Gasteiger partial charge in [0.25, 0.3) is 0 Å². The largest absolute Gasteiger partial charge is 0.493 e. The second kappa shape index (κ2) is 7.85. The Bertz CT molecular complexity index is 892. The van der Waals surface area contributed by atoms with E-state index >= 15 is 0 Å². The first-order valence-electron chi connectivity index (χ1n) is 7.14. The van der Waals surface area contributed by atoms with Crippen LogP contribution in [0.3, 0.4) is 0 Å². The Kier molecular flexibility index (Phi) is 5.82. The van der Waals surface area contributed by atoms with Crippen molar-refractivity contribution in [2.45, 2.75) is 0 Å². The molecule has 0 bridgehead atoms. The zero-order valence-corrected chi connectivity index (χ0v) is 14.7. The molecule has 0 aliphatic carbocycles. The van der Waals surface area contributed by atoms with Crippen molar-refractivity contribution in [2.75, 3.05) is 26.6 Å². The summed E-state index contributed by atoms with van der Waals surface area (Å²) in [4.78, 5) is 8.46. The summed E-state index contributed by atoms with van der Waals surface area (Å²) in [5.41, 5.74) is 0.882.